The van der Waals surface area contributed by atoms with Gasteiger partial charge in [0.15, 0.2) is 5.96 Å². The van der Waals surface area contributed by atoms with Gasteiger partial charge in [-0.2, -0.15) is 0 Å². The SMILES string of the molecule is CCN(CC)C(N)=NCCC(=O)OC(C)(C)C.I. The van der Waals surface area contributed by atoms with Gasteiger partial charge in [-0.05, 0) is 34.6 Å². The van der Waals surface area contributed by atoms with E-state index in [-0.39, 0.29) is 36.4 Å². The molecule has 0 aromatic heterocycles. The molecule has 0 atom stereocenters. The molecule has 0 heterocycles. The third-order valence-electron chi connectivity index (χ3n) is 2.10. The maximum Gasteiger partial charge on any atom is 0.308 e. The summed E-state index contributed by atoms with van der Waals surface area (Å²) in [5, 5.41) is 0. The largest absolute Gasteiger partial charge is 0.460 e. The third kappa shape index (κ3) is 9.49. The lowest BCUT2D eigenvalue weighted by atomic mass is 10.2. The fourth-order valence-electron chi connectivity index (χ4n) is 1.30. The molecule has 0 saturated carbocycles. The van der Waals surface area contributed by atoms with Crippen LogP contribution in [0.5, 0.6) is 0 Å². The van der Waals surface area contributed by atoms with Gasteiger partial charge < -0.3 is 15.4 Å². The molecule has 0 unspecified atom stereocenters. The van der Waals surface area contributed by atoms with Crippen LogP contribution in [0, 0.1) is 0 Å². The Morgan fingerprint density at radius 2 is 1.78 bits per heavy atom. The quantitative estimate of drug-likeness (QED) is 0.347. The highest BCUT2D eigenvalue weighted by Crippen LogP contribution is 2.08. The smallest absolute Gasteiger partial charge is 0.308 e. The molecule has 0 bridgehead atoms. The van der Waals surface area contributed by atoms with Gasteiger partial charge in [0.1, 0.15) is 5.60 Å². The minimum atomic E-state index is -0.439. The molecule has 0 fully saturated rings. The zero-order valence-corrected chi connectivity index (χ0v) is 14.4. The molecule has 2 N–H and O–H groups in total. The summed E-state index contributed by atoms with van der Waals surface area (Å²) >= 11 is 0. The summed E-state index contributed by atoms with van der Waals surface area (Å²) in [6.45, 7) is 11.6. The van der Waals surface area contributed by atoms with Crippen molar-refractivity contribution in [2.45, 2.75) is 46.6 Å². The Bertz CT molecular complexity index is 271. The maximum atomic E-state index is 11.4. The van der Waals surface area contributed by atoms with Crippen LogP contribution >= 0.6 is 24.0 Å². The van der Waals surface area contributed by atoms with Crippen molar-refractivity contribution in [2.75, 3.05) is 19.6 Å². The second-order valence-electron chi connectivity index (χ2n) is 4.75. The third-order valence-corrected chi connectivity index (χ3v) is 2.10. The van der Waals surface area contributed by atoms with Crippen molar-refractivity contribution in [1.82, 2.24) is 4.90 Å². The maximum absolute atomic E-state index is 11.4. The Kier molecular flexibility index (Phi) is 10.3. The Hall–Kier alpha value is -0.530. The molecule has 0 rings (SSSR count). The van der Waals surface area contributed by atoms with Crippen molar-refractivity contribution < 1.29 is 9.53 Å². The van der Waals surface area contributed by atoms with Crippen LogP contribution in [0.25, 0.3) is 0 Å². The van der Waals surface area contributed by atoms with Crippen molar-refractivity contribution in [2.24, 2.45) is 10.7 Å². The van der Waals surface area contributed by atoms with Crippen LogP contribution in [0.4, 0.5) is 0 Å². The number of nitrogens with two attached hydrogens (primary N) is 1. The predicted octanol–water partition coefficient (Wildman–Crippen LogP) is 1.99. The summed E-state index contributed by atoms with van der Waals surface area (Å²) in [7, 11) is 0. The average molecular weight is 371 g/mol. The summed E-state index contributed by atoms with van der Waals surface area (Å²) in [5.74, 6) is 0.243. The number of halogens is 1. The van der Waals surface area contributed by atoms with Gasteiger partial charge in [-0.15, -0.1) is 24.0 Å². The van der Waals surface area contributed by atoms with E-state index in [9.17, 15) is 4.79 Å². The fourth-order valence-corrected chi connectivity index (χ4v) is 1.30. The first-order valence-electron chi connectivity index (χ1n) is 6.06. The zero-order valence-electron chi connectivity index (χ0n) is 12.0. The van der Waals surface area contributed by atoms with Crippen LogP contribution in [-0.4, -0.2) is 42.1 Å². The summed E-state index contributed by atoms with van der Waals surface area (Å²) in [6, 6.07) is 0. The molecule has 0 aliphatic carbocycles. The van der Waals surface area contributed by atoms with Crippen LogP contribution in [-0.2, 0) is 9.53 Å². The molecule has 0 aromatic rings. The van der Waals surface area contributed by atoms with E-state index in [1.54, 1.807) is 0 Å². The topological polar surface area (TPSA) is 67.9 Å². The van der Waals surface area contributed by atoms with Crippen molar-refractivity contribution in [1.29, 1.82) is 0 Å². The molecule has 108 valence electrons. The molecule has 0 aromatic carbocycles. The number of nitrogens with zero attached hydrogens (tertiary/aromatic N) is 2. The molecular weight excluding hydrogens is 345 g/mol. The Balaban J connectivity index is 0. The standard InChI is InChI=1S/C12H25N3O2.HI/c1-6-15(7-2)11(13)14-9-8-10(16)17-12(3,4)5;/h6-9H2,1-5H3,(H2,13,14);1H. The fraction of sp³-hybridized carbons (Fsp3) is 0.833. The van der Waals surface area contributed by atoms with E-state index >= 15 is 0 Å². The Labute approximate surface area is 127 Å². The summed E-state index contributed by atoms with van der Waals surface area (Å²) < 4.78 is 5.17. The van der Waals surface area contributed by atoms with Crippen molar-refractivity contribution in [3.63, 3.8) is 0 Å². The Morgan fingerprint density at radius 3 is 2.17 bits per heavy atom. The first-order valence-corrected chi connectivity index (χ1v) is 6.06. The zero-order chi connectivity index (χ0) is 13.5. The molecular formula is C12H26IN3O2. The second kappa shape index (κ2) is 9.41. The number of guanidine groups is 1. The number of hydrogen-bond acceptors (Lipinski definition) is 3. The van der Waals surface area contributed by atoms with Crippen molar-refractivity contribution in [3.05, 3.63) is 0 Å². The van der Waals surface area contributed by atoms with Gasteiger partial charge >= 0.3 is 5.97 Å². The van der Waals surface area contributed by atoms with Crippen LogP contribution in [0.3, 0.4) is 0 Å². The van der Waals surface area contributed by atoms with Gasteiger partial charge in [0.05, 0.1) is 13.0 Å². The first kappa shape index (κ1) is 19.8. The summed E-state index contributed by atoms with van der Waals surface area (Å²) in [4.78, 5) is 17.5. The van der Waals surface area contributed by atoms with E-state index in [4.69, 9.17) is 10.5 Å². The molecule has 0 radical (unpaired) electrons. The number of ether oxygens (including phenoxy) is 1. The highest BCUT2D eigenvalue weighted by molar-refractivity contribution is 14.0. The van der Waals surface area contributed by atoms with Gasteiger partial charge in [0.2, 0.25) is 0 Å². The van der Waals surface area contributed by atoms with Crippen molar-refractivity contribution >= 4 is 35.9 Å². The molecule has 6 heteroatoms. The highest BCUT2D eigenvalue weighted by Gasteiger charge is 2.15. The lowest BCUT2D eigenvalue weighted by Gasteiger charge is -2.20. The number of rotatable bonds is 5. The van der Waals surface area contributed by atoms with E-state index in [1.165, 1.54) is 0 Å². The minimum Gasteiger partial charge on any atom is -0.460 e. The summed E-state index contributed by atoms with van der Waals surface area (Å²) in [6.07, 6.45) is 0.263. The summed E-state index contributed by atoms with van der Waals surface area (Å²) in [5.41, 5.74) is 5.34. The number of aliphatic imine (C=N–C) groups is 1. The lowest BCUT2D eigenvalue weighted by Crippen LogP contribution is -2.37. The highest BCUT2D eigenvalue weighted by atomic mass is 127. The number of carbonyl (C=O) groups excluding carboxylic acids is 1. The van der Waals surface area contributed by atoms with Gasteiger partial charge in [0, 0.05) is 13.1 Å². The molecule has 5 nitrogen and oxygen atoms in total. The second-order valence-corrected chi connectivity index (χ2v) is 4.75. The van der Waals surface area contributed by atoms with Gasteiger partial charge in [-0.3, -0.25) is 9.79 Å². The molecule has 0 spiro atoms. The molecule has 18 heavy (non-hydrogen) atoms. The molecule has 0 aliphatic heterocycles. The first-order chi connectivity index (χ1) is 7.80. The number of hydrogen-bond donors (Lipinski definition) is 1. The van der Waals surface area contributed by atoms with Crippen molar-refractivity contribution in [3.8, 4) is 0 Å². The lowest BCUT2D eigenvalue weighted by molar-refractivity contribution is -0.154. The number of esters is 1. The minimum absolute atomic E-state index is 0. The number of carbonyl (C=O) groups is 1. The van der Waals surface area contributed by atoms with E-state index in [2.05, 4.69) is 4.99 Å². The van der Waals surface area contributed by atoms with E-state index in [1.807, 2.05) is 39.5 Å². The van der Waals surface area contributed by atoms with Crippen LogP contribution in [0.15, 0.2) is 4.99 Å². The normalized spacial score (nSPS) is 11.7. The van der Waals surface area contributed by atoms with Gasteiger partial charge in [0.25, 0.3) is 0 Å². The van der Waals surface area contributed by atoms with E-state index in [0.29, 0.717) is 12.5 Å². The molecule has 0 aliphatic rings. The predicted molar refractivity (Wildman–Crippen MR) is 85.3 cm³/mol. The average Bonchev–Trinajstić information content (AvgIpc) is 2.16. The molecule has 0 saturated heterocycles. The van der Waals surface area contributed by atoms with Crippen LogP contribution in [0.1, 0.15) is 41.0 Å². The van der Waals surface area contributed by atoms with E-state index in [0.717, 1.165) is 13.1 Å². The van der Waals surface area contributed by atoms with Gasteiger partial charge in [-0.25, -0.2) is 0 Å². The molecule has 0 amide bonds. The van der Waals surface area contributed by atoms with Crippen LogP contribution < -0.4 is 5.73 Å². The monoisotopic (exact) mass is 371 g/mol. The van der Waals surface area contributed by atoms with Crippen LogP contribution in [0.2, 0.25) is 0 Å². The Morgan fingerprint density at radius 1 is 1.28 bits per heavy atom. The van der Waals surface area contributed by atoms with Gasteiger partial charge in [-0.1, -0.05) is 0 Å². The van der Waals surface area contributed by atoms with E-state index < -0.39 is 5.60 Å².